The first kappa shape index (κ1) is 19.9. The van der Waals surface area contributed by atoms with Gasteiger partial charge in [-0.1, -0.05) is 18.2 Å². The largest absolute Gasteiger partial charge is 0.480 e. The topological polar surface area (TPSA) is 82.8 Å². The number of fused-ring (bicyclic) bond motifs is 1. The second kappa shape index (κ2) is 8.91. The van der Waals surface area contributed by atoms with Gasteiger partial charge in [-0.05, 0) is 36.8 Å². The number of nitrogens with zero attached hydrogens (tertiary/aromatic N) is 3. The zero-order chi connectivity index (χ0) is 20.1. The Balaban J connectivity index is 1.56. The van der Waals surface area contributed by atoms with Gasteiger partial charge in [0.15, 0.2) is 0 Å². The first-order chi connectivity index (χ1) is 13.5. The van der Waals surface area contributed by atoms with Crippen molar-refractivity contribution < 1.29 is 19.5 Å². The SMILES string of the molecule is CC(=O)N(CC(=O)O)C1CCCN(C(=O)CCn2ccc3ccccc32)CC1. The molecule has 2 aromatic rings. The van der Waals surface area contributed by atoms with E-state index in [1.54, 1.807) is 0 Å². The third kappa shape index (κ3) is 4.71. The van der Waals surface area contributed by atoms with Crippen LogP contribution in [0.5, 0.6) is 0 Å². The molecule has 1 aliphatic rings. The number of carbonyl (C=O) groups excluding carboxylic acids is 2. The number of rotatable bonds is 6. The Morgan fingerprint density at radius 1 is 1.14 bits per heavy atom. The molecule has 28 heavy (non-hydrogen) atoms. The van der Waals surface area contributed by atoms with Crippen molar-refractivity contribution in [3.63, 3.8) is 0 Å². The molecule has 1 fully saturated rings. The number of carbonyl (C=O) groups is 3. The van der Waals surface area contributed by atoms with Gasteiger partial charge in [-0.2, -0.15) is 0 Å². The molecule has 1 N–H and O–H groups in total. The molecule has 0 radical (unpaired) electrons. The minimum absolute atomic E-state index is 0.103. The predicted molar refractivity (Wildman–Crippen MR) is 106 cm³/mol. The lowest BCUT2D eigenvalue weighted by molar-refractivity contribution is -0.145. The number of likely N-dealkylation sites (tertiary alicyclic amines) is 1. The van der Waals surface area contributed by atoms with Gasteiger partial charge in [0.05, 0.1) is 0 Å². The van der Waals surface area contributed by atoms with Crippen LogP contribution in [-0.4, -0.2) is 62.9 Å². The summed E-state index contributed by atoms with van der Waals surface area (Å²) in [5, 5.41) is 10.2. The first-order valence-corrected chi connectivity index (χ1v) is 9.76. The molecule has 1 aromatic carbocycles. The maximum atomic E-state index is 12.7. The third-order valence-electron chi connectivity index (χ3n) is 5.45. The zero-order valence-electron chi connectivity index (χ0n) is 16.2. The van der Waals surface area contributed by atoms with E-state index in [-0.39, 0.29) is 24.4 Å². The summed E-state index contributed by atoms with van der Waals surface area (Å²) >= 11 is 0. The van der Waals surface area contributed by atoms with Gasteiger partial charge < -0.3 is 19.5 Å². The summed E-state index contributed by atoms with van der Waals surface area (Å²) in [5.41, 5.74) is 1.12. The number of carboxylic acid groups (broad SMARTS) is 1. The average Bonchev–Trinajstić information content (AvgIpc) is 2.91. The molecular formula is C21H27N3O4. The Morgan fingerprint density at radius 3 is 2.68 bits per heavy atom. The van der Waals surface area contributed by atoms with Crippen molar-refractivity contribution >= 4 is 28.7 Å². The molecule has 0 bridgehead atoms. The molecule has 2 amide bonds. The molecule has 0 aliphatic carbocycles. The van der Waals surface area contributed by atoms with E-state index in [1.807, 2.05) is 23.2 Å². The number of hydrogen-bond acceptors (Lipinski definition) is 3. The molecule has 1 aliphatic heterocycles. The van der Waals surface area contributed by atoms with Gasteiger partial charge in [-0.15, -0.1) is 0 Å². The van der Waals surface area contributed by atoms with Crippen LogP contribution in [0.4, 0.5) is 0 Å². The maximum Gasteiger partial charge on any atom is 0.323 e. The van der Waals surface area contributed by atoms with Crippen LogP contribution < -0.4 is 0 Å². The Bertz CT molecular complexity index is 860. The quantitative estimate of drug-likeness (QED) is 0.827. The molecule has 0 saturated carbocycles. The van der Waals surface area contributed by atoms with E-state index < -0.39 is 5.97 Å². The number of aromatic nitrogens is 1. The lowest BCUT2D eigenvalue weighted by Gasteiger charge is -2.28. The molecular weight excluding hydrogens is 358 g/mol. The molecule has 1 aromatic heterocycles. The average molecular weight is 385 g/mol. The van der Waals surface area contributed by atoms with Gasteiger partial charge in [0.25, 0.3) is 0 Å². The second-order valence-corrected chi connectivity index (χ2v) is 7.32. The van der Waals surface area contributed by atoms with E-state index in [2.05, 4.69) is 22.8 Å². The number of carboxylic acids is 1. The lowest BCUT2D eigenvalue weighted by atomic mass is 10.1. The van der Waals surface area contributed by atoms with Crippen molar-refractivity contribution in [3.8, 4) is 0 Å². The smallest absolute Gasteiger partial charge is 0.323 e. The number of para-hydroxylation sites is 1. The third-order valence-corrected chi connectivity index (χ3v) is 5.45. The lowest BCUT2D eigenvalue weighted by Crippen LogP contribution is -2.43. The maximum absolute atomic E-state index is 12.7. The molecule has 0 spiro atoms. The summed E-state index contributed by atoms with van der Waals surface area (Å²) in [6.07, 6.45) is 4.54. The molecule has 3 rings (SSSR count). The highest BCUT2D eigenvalue weighted by atomic mass is 16.4. The van der Waals surface area contributed by atoms with E-state index in [0.29, 0.717) is 32.5 Å². The minimum Gasteiger partial charge on any atom is -0.480 e. The Kier molecular flexibility index (Phi) is 6.34. The molecule has 7 heteroatoms. The summed E-state index contributed by atoms with van der Waals surface area (Å²) < 4.78 is 2.10. The van der Waals surface area contributed by atoms with Crippen LogP contribution in [0.3, 0.4) is 0 Å². The van der Waals surface area contributed by atoms with Gasteiger partial charge in [0.1, 0.15) is 6.54 Å². The number of hydrogen-bond donors (Lipinski definition) is 1. The van der Waals surface area contributed by atoms with Crippen LogP contribution in [0.25, 0.3) is 10.9 Å². The van der Waals surface area contributed by atoms with Crippen LogP contribution >= 0.6 is 0 Å². The van der Waals surface area contributed by atoms with Crippen molar-refractivity contribution in [2.24, 2.45) is 0 Å². The van der Waals surface area contributed by atoms with Crippen LogP contribution in [0, 0.1) is 0 Å². The summed E-state index contributed by atoms with van der Waals surface area (Å²) in [6, 6.07) is 10.0. The fourth-order valence-electron chi connectivity index (χ4n) is 3.99. The Labute approximate surface area is 164 Å². The van der Waals surface area contributed by atoms with E-state index in [0.717, 1.165) is 23.7 Å². The second-order valence-electron chi connectivity index (χ2n) is 7.32. The van der Waals surface area contributed by atoms with Crippen LogP contribution in [0.1, 0.15) is 32.6 Å². The van der Waals surface area contributed by atoms with Gasteiger partial charge in [-0.25, -0.2) is 0 Å². The van der Waals surface area contributed by atoms with E-state index >= 15 is 0 Å². The van der Waals surface area contributed by atoms with E-state index in [1.165, 1.54) is 11.8 Å². The van der Waals surface area contributed by atoms with Gasteiger partial charge in [0, 0.05) is 50.7 Å². The highest BCUT2D eigenvalue weighted by Gasteiger charge is 2.27. The van der Waals surface area contributed by atoms with Crippen molar-refractivity contribution in [2.75, 3.05) is 19.6 Å². The van der Waals surface area contributed by atoms with Crippen molar-refractivity contribution in [3.05, 3.63) is 36.5 Å². The van der Waals surface area contributed by atoms with Gasteiger partial charge in [-0.3, -0.25) is 14.4 Å². The fourth-order valence-corrected chi connectivity index (χ4v) is 3.99. The summed E-state index contributed by atoms with van der Waals surface area (Å²) in [6.45, 7) is 2.96. The molecule has 150 valence electrons. The zero-order valence-corrected chi connectivity index (χ0v) is 16.2. The normalized spacial score (nSPS) is 17.3. The highest BCUT2D eigenvalue weighted by molar-refractivity contribution is 5.81. The van der Waals surface area contributed by atoms with Crippen LogP contribution in [0.15, 0.2) is 36.5 Å². The first-order valence-electron chi connectivity index (χ1n) is 9.76. The fraction of sp³-hybridized carbons (Fsp3) is 0.476. The molecule has 7 nitrogen and oxygen atoms in total. The number of aryl methyl sites for hydroxylation is 1. The minimum atomic E-state index is -1.01. The Morgan fingerprint density at radius 2 is 1.93 bits per heavy atom. The molecule has 1 atom stereocenters. The number of aliphatic carboxylic acids is 1. The van der Waals surface area contributed by atoms with Crippen LogP contribution in [-0.2, 0) is 20.9 Å². The van der Waals surface area contributed by atoms with E-state index in [9.17, 15) is 14.4 Å². The molecule has 1 saturated heterocycles. The monoisotopic (exact) mass is 385 g/mol. The molecule has 1 unspecified atom stereocenters. The predicted octanol–water partition coefficient (Wildman–Crippen LogP) is 2.35. The standard InChI is InChI=1S/C21H27N3O4/c1-16(25)24(15-21(27)28)18-6-4-11-23(13-9-18)20(26)10-14-22-12-8-17-5-2-3-7-19(17)22/h2-3,5,7-8,12,18H,4,6,9-11,13-15H2,1H3,(H,27,28). The number of benzene rings is 1. The summed E-state index contributed by atoms with van der Waals surface area (Å²) in [5.74, 6) is -1.14. The van der Waals surface area contributed by atoms with Crippen LogP contribution in [0.2, 0.25) is 0 Å². The van der Waals surface area contributed by atoms with Gasteiger partial charge in [0.2, 0.25) is 11.8 Å². The number of amides is 2. The molecule has 2 heterocycles. The Hall–Kier alpha value is -2.83. The summed E-state index contributed by atoms with van der Waals surface area (Å²) in [4.78, 5) is 38.9. The highest BCUT2D eigenvalue weighted by Crippen LogP contribution is 2.19. The van der Waals surface area contributed by atoms with Crippen molar-refractivity contribution in [1.82, 2.24) is 14.4 Å². The van der Waals surface area contributed by atoms with Crippen molar-refractivity contribution in [1.29, 1.82) is 0 Å². The van der Waals surface area contributed by atoms with Crippen molar-refractivity contribution in [2.45, 2.75) is 45.2 Å². The van der Waals surface area contributed by atoms with Gasteiger partial charge >= 0.3 is 5.97 Å². The van der Waals surface area contributed by atoms with E-state index in [4.69, 9.17) is 5.11 Å². The summed E-state index contributed by atoms with van der Waals surface area (Å²) in [7, 11) is 0.